The van der Waals surface area contributed by atoms with Crippen LogP contribution >= 0.6 is 0 Å². The molecule has 5 heteroatoms. The molecule has 0 aliphatic carbocycles. The molecule has 1 saturated heterocycles. The molecule has 4 nitrogen and oxygen atoms in total. The van der Waals surface area contributed by atoms with E-state index in [1.165, 1.54) is 0 Å². The molecule has 0 aromatic rings. The molecule has 1 atom stereocenters. The lowest BCUT2D eigenvalue weighted by molar-refractivity contribution is -0.153. The van der Waals surface area contributed by atoms with Crippen molar-refractivity contribution in [2.75, 3.05) is 13.3 Å². The van der Waals surface area contributed by atoms with Crippen LogP contribution in [-0.4, -0.2) is 34.8 Å². The molecule has 1 aliphatic rings. The molecule has 1 fully saturated rings. The Morgan fingerprint density at radius 3 is 2.92 bits per heavy atom. The Kier molecular flexibility index (Phi) is 4.11. The van der Waals surface area contributed by atoms with Crippen molar-refractivity contribution in [2.24, 2.45) is 5.92 Å². The predicted molar refractivity (Wildman–Crippen MR) is 49.1 cm³/mol. The first-order chi connectivity index (χ1) is 6.24. The maximum atomic E-state index is 11.0. The number of rotatable bonds is 5. The number of carbonyl (C=O) groups is 2. The summed E-state index contributed by atoms with van der Waals surface area (Å²) in [5.41, 5.74) is 0. The van der Waals surface area contributed by atoms with Gasteiger partial charge in [-0.3, -0.25) is 9.59 Å². The van der Waals surface area contributed by atoms with Crippen molar-refractivity contribution in [3.63, 3.8) is 0 Å². The third kappa shape index (κ3) is 3.28. The lowest BCUT2D eigenvalue weighted by Crippen LogP contribution is -2.09. The molecule has 13 heavy (non-hydrogen) atoms. The molecule has 0 aromatic carbocycles. The van der Waals surface area contributed by atoms with Crippen LogP contribution in [0.2, 0.25) is 6.04 Å². The van der Waals surface area contributed by atoms with Gasteiger partial charge in [0.15, 0.2) is 0 Å². The minimum atomic E-state index is -0.372. The fourth-order valence-corrected chi connectivity index (χ4v) is 2.65. The van der Waals surface area contributed by atoms with Crippen molar-refractivity contribution in [3.05, 3.63) is 0 Å². The van der Waals surface area contributed by atoms with Crippen LogP contribution in [0.1, 0.15) is 12.8 Å². The van der Waals surface area contributed by atoms with E-state index in [0.717, 1.165) is 18.7 Å². The van der Waals surface area contributed by atoms with E-state index in [1.807, 2.05) is 0 Å². The number of ether oxygens (including phenoxy) is 2. The van der Waals surface area contributed by atoms with Gasteiger partial charge < -0.3 is 9.47 Å². The van der Waals surface area contributed by atoms with Crippen molar-refractivity contribution in [2.45, 2.75) is 18.9 Å². The highest BCUT2D eigenvalue weighted by Crippen LogP contribution is 2.20. The van der Waals surface area contributed by atoms with Gasteiger partial charge in [-0.2, -0.15) is 0 Å². The van der Waals surface area contributed by atoms with Gasteiger partial charge >= 0.3 is 11.9 Å². The van der Waals surface area contributed by atoms with Crippen molar-refractivity contribution in [3.8, 4) is 0 Å². The summed E-state index contributed by atoms with van der Waals surface area (Å²) in [5.74, 6) is -0.878. The molecule has 1 unspecified atom stereocenters. The van der Waals surface area contributed by atoms with E-state index >= 15 is 0 Å². The van der Waals surface area contributed by atoms with Crippen LogP contribution in [0.25, 0.3) is 0 Å². The Morgan fingerprint density at radius 2 is 2.38 bits per heavy atom. The lowest BCUT2D eigenvalue weighted by atomic mass is 10.1. The van der Waals surface area contributed by atoms with E-state index < -0.39 is 0 Å². The Bertz CT molecular complexity index is 204. The maximum Gasteiger partial charge on any atom is 0.317 e. The SMILES string of the molecule is COC[SiH2]CCC1CC(=O)OC1=O. The second-order valence-corrected chi connectivity index (χ2v) is 5.01. The van der Waals surface area contributed by atoms with Gasteiger partial charge in [0.2, 0.25) is 0 Å². The molecule has 0 radical (unpaired) electrons. The normalized spacial score (nSPS) is 23.0. The summed E-state index contributed by atoms with van der Waals surface area (Å²) < 4.78 is 9.37. The van der Waals surface area contributed by atoms with Gasteiger partial charge in [-0.05, 0) is 6.42 Å². The van der Waals surface area contributed by atoms with E-state index in [9.17, 15) is 9.59 Å². The molecule has 0 bridgehead atoms. The Labute approximate surface area is 79.4 Å². The highest BCUT2D eigenvalue weighted by atomic mass is 28.2. The molecule has 0 spiro atoms. The smallest absolute Gasteiger partial charge is 0.317 e. The first-order valence-corrected chi connectivity index (χ1v) is 6.47. The van der Waals surface area contributed by atoms with Crippen LogP contribution in [0.5, 0.6) is 0 Å². The zero-order chi connectivity index (χ0) is 9.68. The minimum absolute atomic E-state index is 0.170. The highest BCUT2D eigenvalue weighted by molar-refractivity contribution is 6.35. The fourth-order valence-electron chi connectivity index (χ4n) is 1.38. The van der Waals surface area contributed by atoms with Gasteiger partial charge in [-0.25, -0.2) is 0 Å². The summed E-state index contributed by atoms with van der Waals surface area (Å²) in [5, 5.41) is 0. The Balaban J connectivity index is 2.14. The molecular formula is C8H14O4Si. The average molecular weight is 202 g/mol. The van der Waals surface area contributed by atoms with Crippen molar-refractivity contribution in [1.29, 1.82) is 0 Å². The van der Waals surface area contributed by atoms with Crippen LogP contribution in [-0.2, 0) is 19.1 Å². The number of methoxy groups -OCH3 is 1. The quantitative estimate of drug-likeness (QED) is 0.265. The molecule has 0 aromatic heterocycles. The van der Waals surface area contributed by atoms with Crippen LogP contribution in [0.3, 0.4) is 0 Å². The Morgan fingerprint density at radius 1 is 1.62 bits per heavy atom. The van der Waals surface area contributed by atoms with Gasteiger partial charge in [0.05, 0.1) is 21.9 Å². The minimum Gasteiger partial charge on any atom is -0.393 e. The molecule has 0 amide bonds. The van der Waals surface area contributed by atoms with E-state index in [0.29, 0.717) is 0 Å². The van der Waals surface area contributed by atoms with Crippen LogP contribution < -0.4 is 0 Å². The molecule has 0 N–H and O–H groups in total. The summed E-state index contributed by atoms with van der Waals surface area (Å²) in [6, 6.07) is 1.04. The Hall–Kier alpha value is -0.683. The molecular weight excluding hydrogens is 188 g/mol. The molecule has 74 valence electrons. The second kappa shape index (κ2) is 5.13. The zero-order valence-corrected chi connectivity index (χ0v) is 9.16. The summed E-state index contributed by atoms with van der Waals surface area (Å²) in [4.78, 5) is 21.7. The number of carbonyl (C=O) groups excluding carboxylic acids is 2. The summed E-state index contributed by atoms with van der Waals surface area (Å²) in [6.07, 6.45) is 1.91. The van der Waals surface area contributed by atoms with Crippen LogP contribution in [0.4, 0.5) is 0 Å². The molecule has 0 saturated carbocycles. The topological polar surface area (TPSA) is 52.6 Å². The summed E-state index contributed by atoms with van der Waals surface area (Å²) in [6.45, 7) is 0. The molecule has 1 heterocycles. The van der Waals surface area contributed by atoms with Crippen molar-refractivity contribution >= 4 is 21.5 Å². The van der Waals surface area contributed by atoms with E-state index in [2.05, 4.69) is 4.74 Å². The van der Waals surface area contributed by atoms with E-state index in [-0.39, 0.29) is 33.8 Å². The summed E-state index contributed by atoms with van der Waals surface area (Å²) in [7, 11) is 1.48. The van der Waals surface area contributed by atoms with Crippen molar-refractivity contribution in [1.82, 2.24) is 0 Å². The molecule has 1 rings (SSSR count). The molecule has 1 aliphatic heterocycles. The maximum absolute atomic E-state index is 11.0. The first-order valence-electron chi connectivity index (χ1n) is 4.47. The fraction of sp³-hybridized carbons (Fsp3) is 0.750. The summed E-state index contributed by atoms with van der Waals surface area (Å²) >= 11 is 0. The number of hydrogen-bond acceptors (Lipinski definition) is 4. The van der Waals surface area contributed by atoms with Gasteiger partial charge in [0.25, 0.3) is 0 Å². The lowest BCUT2D eigenvalue weighted by Gasteiger charge is -2.02. The van der Waals surface area contributed by atoms with Gasteiger partial charge in [-0.1, -0.05) is 6.04 Å². The first kappa shape index (κ1) is 10.4. The second-order valence-electron chi connectivity index (χ2n) is 3.18. The van der Waals surface area contributed by atoms with Crippen LogP contribution in [0.15, 0.2) is 0 Å². The zero-order valence-electron chi connectivity index (χ0n) is 7.75. The van der Waals surface area contributed by atoms with E-state index in [4.69, 9.17) is 4.74 Å². The monoisotopic (exact) mass is 202 g/mol. The van der Waals surface area contributed by atoms with Crippen molar-refractivity contribution < 1.29 is 19.1 Å². The standard InChI is InChI=1S/C8H14O4Si/c1-11-5-13-3-2-6-4-7(9)12-8(6)10/h6H,2-5,13H2,1H3. The van der Waals surface area contributed by atoms with E-state index in [1.54, 1.807) is 7.11 Å². The largest absolute Gasteiger partial charge is 0.393 e. The average Bonchev–Trinajstić information content (AvgIpc) is 2.39. The van der Waals surface area contributed by atoms with Gasteiger partial charge in [-0.15, -0.1) is 0 Å². The number of hydrogen-bond donors (Lipinski definition) is 0. The number of esters is 2. The van der Waals surface area contributed by atoms with Crippen LogP contribution in [0, 0.1) is 5.92 Å². The third-order valence-corrected chi connectivity index (χ3v) is 3.72. The highest BCUT2D eigenvalue weighted by Gasteiger charge is 2.32. The third-order valence-electron chi connectivity index (χ3n) is 2.11. The van der Waals surface area contributed by atoms with Gasteiger partial charge in [0, 0.05) is 13.3 Å². The van der Waals surface area contributed by atoms with Gasteiger partial charge in [0.1, 0.15) is 0 Å². The predicted octanol–water partition coefficient (Wildman–Crippen LogP) is -0.343. The number of cyclic esters (lactones) is 2.